The average Bonchev–Trinajstić information content (AvgIpc) is 2.53. The van der Waals surface area contributed by atoms with Crippen molar-refractivity contribution in [3.8, 4) is 0 Å². The van der Waals surface area contributed by atoms with E-state index in [0.717, 1.165) is 0 Å². The lowest BCUT2D eigenvalue weighted by atomic mass is 10.0. The van der Waals surface area contributed by atoms with E-state index in [1.807, 2.05) is 0 Å². The van der Waals surface area contributed by atoms with Crippen molar-refractivity contribution in [3.63, 3.8) is 0 Å². The van der Waals surface area contributed by atoms with Crippen molar-refractivity contribution in [2.24, 2.45) is 0 Å². The van der Waals surface area contributed by atoms with Crippen molar-refractivity contribution in [1.29, 1.82) is 0 Å². The third-order valence-electron chi connectivity index (χ3n) is 3.07. The lowest BCUT2D eigenvalue weighted by Gasteiger charge is -2.30. The molecule has 11 heteroatoms. The molecule has 0 amide bonds. The Morgan fingerprint density at radius 3 is 1.96 bits per heavy atom. The van der Waals surface area contributed by atoms with Crippen LogP contribution in [0.15, 0.2) is 30.3 Å². The number of carbonyl (C=O) groups excluding carboxylic acids is 1. The van der Waals surface area contributed by atoms with E-state index in [4.69, 9.17) is 0 Å². The summed E-state index contributed by atoms with van der Waals surface area (Å²) in [4.78, 5) is 11.6. The van der Waals surface area contributed by atoms with E-state index in [-0.39, 0.29) is 5.56 Å². The first-order valence-corrected chi connectivity index (χ1v) is 7.63. The van der Waals surface area contributed by atoms with Gasteiger partial charge in [0.25, 0.3) is 0 Å². The van der Waals surface area contributed by atoms with Crippen LogP contribution in [-0.2, 0) is 0 Å². The van der Waals surface area contributed by atoms with E-state index in [9.17, 15) is 44.3 Å². The Labute approximate surface area is 140 Å². The summed E-state index contributed by atoms with van der Waals surface area (Å²) in [6.45, 7) is 0. The monoisotopic (exact) mass is 398 g/mol. The number of hydrogen-bond acceptors (Lipinski definition) is 2. The summed E-state index contributed by atoms with van der Waals surface area (Å²) in [5.41, 5.74) is 0.154. The third-order valence-corrected chi connectivity index (χ3v) is 4.00. The van der Waals surface area contributed by atoms with E-state index in [0.29, 0.717) is 11.8 Å². The van der Waals surface area contributed by atoms with Crippen LogP contribution in [0.2, 0.25) is 0 Å². The van der Waals surface area contributed by atoms with Crippen LogP contribution in [0, 0.1) is 0 Å². The van der Waals surface area contributed by atoms with Gasteiger partial charge in [-0.3, -0.25) is 4.79 Å². The van der Waals surface area contributed by atoms with Crippen LogP contribution in [0.1, 0.15) is 16.8 Å². The van der Waals surface area contributed by atoms with Gasteiger partial charge in [-0.25, -0.2) is 8.78 Å². The lowest BCUT2D eigenvalue weighted by molar-refractivity contribution is -0.332. The lowest BCUT2D eigenvalue weighted by Crippen LogP contribution is -2.56. The molecule has 1 aromatic rings. The van der Waals surface area contributed by atoms with Gasteiger partial charge in [0, 0.05) is 11.3 Å². The largest absolute Gasteiger partial charge is 0.456 e. The molecule has 1 aromatic carbocycles. The Morgan fingerprint density at radius 1 is 0.960 bits per heavy atom. The van der Waals surface area contributed by atoms with Crippen LogP contribution in [0.5, 0.6) is 0 Å². The van der Waals surface area contributed by atoms with Gasteiger partial charge in [0.1, 0.15) is 0 Å². The van der Waals surface area contributed by atoms with Crippen LogP contribution >= 0.6 is 11.8 Å². The second-order valence-corrected chi connectivity index (χ2v) is 5.98. The SMILES string of the molecule is O=C(SCCC(F)C(F)(F)C(F)C(F)(F)C(F)(F)F)c1ccccc1. The summed E-state index contributed by atoms with van der Waals surface area (Å²) >= 11 is 0.354. The van der Waals surface area contributed by atoms with Crippen LogP contribution in [0.3, 0.4) is 0 Å². The fourth-order valence-electron chi connectivity index (χ4n) is 1.65. The molecule has 142 valence electrons. The maximum absolute atomic E-state index is 13.4. The summed E-state index contributed by atoms with van der Waals surface area (Å²) in [6.07, 6.45) is -16.6. The minimum absolute atomic E-state index is 0.154. The number of carbonyl (C=O) groups is 1. The second-order valence-electron chi connectivity index (χ2n) is 4.92. The molecule has 0 saturated heterocycles. The summed E-state index contributed by atoms with van der Waals surface area (Å²) < 4.78 is 114. The van der Waals surface area contributed by atoms with Gasteiger partial charge in [0.05, 0.1) is 0 Å². The summed E-state index contributed by atoms with van der Waals surface area (Å²) in [5, 5.41) is -0.645. The van der Waals surface area contributed by atoms with Gasteiger partial charge in [-0.05, 0) is 6.42 Å². The molecule has 0 heterocycles. The maximum Gasteiger partial charge on any atom is 0.456 e. The molecule has 0 saturated carbocycles. The standard InChI is InChI=1S/C14H11F9OS/c15-9(6-7-25-10(24)8-4-2-1-3-5-8)12(17,18)11(16)13(19,20)14(21,22)23/h1-5,9,11H,6-7H2. The van der Waals surface area contributed by atoms with Gasteiger partial charge in [-0.15, -0.1) is 0 Å². The van der Waals surface area contributed by atoms with Crippen LogP contribution < -0.4 is 0 Å². The highest BCUT2D eigenvalue weighted by atomic mass is 32.2. The highest BCUT2D eigenvalue weighted by Crippen LogP contribution is 2.46. The molecule has 1 rings (SSSR count). The van der Waals surface area contributed by atoms with E-state index < -0.39 is 47.7 Å². The fourth-order valence-corrected chi connectivity index (χ4v) is 2.46. The van der Waals surface area contributed by atoms with Gasteiger partial charge >= 0.3 is 18.0 Å². The van der Waals surface area contributed by atoms with Crippen LogP contribution in [-0.4, -0.2) is 41.2 Å². The first kappa shape index (κ1) is 21.7. The third kappa shape index (κ3) is 5.05. The van der Waals surface area contributed by atoms with E-state index in [1.54, 1.807) is 6.07 Å². The van der Waals surface area contributed by atoms with Crippen LogP contribution in [0.4, 0.5) is 39.5 Å². The summed E-state index contributed by atoms with van der Waals surface area (Å²) in [6, 6.07) is 7.32. The summed E-state index contributed by atoms with van der Waals surface area (Å²) in [5.74, 6) is -12.6. The molecule has 2 unspecified atom stereocenters. The van der Waals surface area contributed by atoms with Crippen molar-refractivity contribution in [2.75, 3.05) is 5.75 Å². The van der Waals surface area contributed by atoms with E-state index >= 15 is 0 Å². The molecule has 1 nitrogen and oxygen atoms in total. The molecule has 0 bridgehead atoms. The van der Waals surface area contributed by atoms with Crippen molar-refractivity contribution < 1.29 is 44.3 Å². The molecule has 2 atom stereocenters. The topological polar surface area (TPSA) is 17.1 Å². The number of alkyl halides is 9. The molecule has 0 aliphatic carbocycles. The molecule has 25 heavy (non-hydrogen) atoms. The Morgan fingerprint density at radius 2 is 1.48 bits per heavy atom. The van der Waals surface area contributed by atoms with Crippen molar-refractivity contribution in [1.82, 2.24) is 0 Å². The molecule has 0 radical (unpaired) electrons. The molecule has 0 aliphatic heterocycles. The van der Waals surface area contributed by atoms with Crippen LogP contribution in [0.25, 0.3) is 0 Å². The zero-order chi connectivity index (χ0) is 19.5. The number of halogens is 9. The number of hydrogen-bond donors (Lipinski definition) is 0. The fraction of sp³-hybridized carbons (Fsp3) is 0.500. The smallest absolute Gasteiger partial charge is 0.282 e. The summed E-state index contributed by atoms with van der Waals surface area (Å²) in [7, 11) is 0. The highest BCUT2D eigenvalue weighted by Gasteiger charge is 2.71. The Hall–Kier alpha value is -1.39. The maximum atomic E-state index is 13.4. The molecular formula is C14H11F9OS. The molecule has 0 N–H and O–H groups in total. The second kappa shape index (κ2) is 7.88. The van der Waals surface area contributed by atoms with Crippen molar-refractivity contribution >= 4 is 16.9 Å². The predicted molar refractivity (Wildman–Crippen MR) is 73.6 cm³/mol. The normalized spacial score (nSPS) is 15.7. The van der Waals surface area contributed by atoms with Gasteiger partial charge in [-0.2, -0.15) is 30.7 Å². The molecule has 0 fully saturated rings. The first-order valence-electron chi connectivity index (χ1n) is 6.64. The number of rotatable bonds is 7. The quantitative estimate of drug-likeness (QED) is 0.568. The predicted octanol–water partition coefficient (Wildman–Crippen LogP) is 5.46. The molecule has 0 spiro atoms. The zero-order valence-corrected chi connectivity index (χ0v) is 13.0. The minimum Gasteiger partial charge on any atom is -0.282 e. The minimum atomic E-state index is -6.59. The van der Waals surface area contributed by atoms with Gasteiger partial charge < -0.3 is 0 Å². The molecule has 0 aromatic heterocycles. The van der Waals surface area contributed by atoms with Gasteiger partial charge in [-0.1, -0.05) is 42.1 Å². The number of benzene rings is 1. The first-order chi connectivity index (χ1) is 11.3. The zero-order valence-electron chi connectivity index (χ0n) is 12.2. The average molecular weight is 398 g/mol. The molecular weight excluding hydrogens is 387 g/mol. The Balaban J connectivity index is 2.66. The van der Waals surface area contributed by atoms with Crippen molar-refractivity contribution in [3.05, 3.63) is 35.9 Å². The van der Waals surface area contributed by atoms with Gasteiger partial charge in [0.15, 0.2) is 6.17 Å². The Bertz CT molecular complexity index is 573. The van der Waals surface area contributed by atoms with E-state index in [1.165, 1.54) is 24.3 Å². The number of thioether (sulfide) groups is 1. The molecule has 0 aliphatic rings. The Kier molecular flexibility index (Phi) is 6.82. The van der Waals surface area contributed by atoms with E-state index in [2.05, 4.69) is 0 Å². The highest BCUT2D eigenvalue weighted by molar-refractivity contribution is 8.14. The van der Waals surface area contributed by atoms with Crippen molar-refractivity contribution in [2.45, 2.75) is 36.8 Å². The van der Waals surface area contributed by atoms with Gasteiger partial charge in [0.2, 0.25) is 11.3 Å².